The van der Waals surface area contributed by atoms with Gasteiger partial charge >= 0.3 is 5.97 Å². The van der Waals surface area contributed by atoms with Crippen LogP contribution in [0.1, 0.15) is 33.1 Å². The molecule has 1 aliphatic rings. The number of aliphatic hydroxyl groups is 1. The Bertz CT molecular complexity index is 288. The Labute approximate surface area is 94.8 Å². The minimum Gasteiger partial charge on any atom is -0.481 e. The van der Waals surface area contributed by atoms with E-state index in [1.54, 1.807) is 0 Å². The van der Waals surface area contributed by atoms with Crippen LogP contribution in [0.15, 0.2) is 0 Å². The lowest BCUT2D eigenvalue weighted by Gasteiger charge is -2.35. The zero-order valence-corrected chi connectivity index (χ0v) is 9.69. The molecule has 1 aliphatic carbocycles. The molecular weight excluding hydrogens is 210 g/mol. The van der Waals surface area contributed by atoms with Crippen molar-refractivity contribution < 1.29 is 19.8 Å². The van der Waals surface area contributed by atoms with Gasteiger partial charge in [-0.1, -0.05) is 0 Å². The number of hydrogen-bond donors (Lipinski definition) is 3. The fraction of sp³-hybridized carbons (Fsp3) is 0.818. The Kier molecular flexibility index (Phi) is 3.91. The van der Waals surface area contributed by atoms with Gasteiger partial charge in [0, 0.05) is 12.1 Å². The largest absolute Gasteiger partial charge is 0.481 e. The lowest BCUT2D eigenvalue weighted by atomic mass is 9.73. The van der Waals surface area contributed by atoms with Gasteiger partial charge in [0.05, 0.1) is 11.8 Å². The number of carbonyl (C=O) groups is 2. The van der Waals surface area contributed by atoms with Gasteiger partial charge in [-0.05, 0) is 33.1 Å². The minimum absolute atomic E-state index is 0.000303. The molecule has 0 aromatic carbocycles. The van der Waals surface area contributed by atoms with Crippen LogP contribution in [0.4, 0.5) is 0 Å². The van der Waals surface area contributed by atoms with Crippen LogP contribution in [0.2, 0.25) is 0 Å². The molecule has 0 heterocycles. The third kappa shape index (κ3) is 2.95. The van der Waals surface area contributed by atoms with Crippen molar-refractivity contribution in [2.45, 2.75) is 38.6 Å². The van der Waals surface area contributed by atoms with Gasteiger partial charge in [-0.3, -0.25) is 9.59 Å². The van der Waals surface area contributed by atoms with Crippen molar-refractivity contribution in [3.63, 3.8) is 0 Å². The van der Waals surface area contributed by atoms with Gasteiger partial charge in [0.25, 0.3) is 0 Å². The van der Waals surface area contributed by atoms with Crippen LogP contribution in [0.5, 0.6) is 0 Å². The van der Waals surface area contributed by atoms with Crippen molar-refractivity contribution in [3.8, 4) is 0 Å². The number of aliphatic carboxylic acids is 1. The summed E-state index contributed by atoms with van der Waals surface area (Å²) in [5.41, 5.74) is -0.482. The van der Waals surface area contributed by atoms with Crippen molar-refractivity contribution >= 4 is 11.9 Å². The highest BCUT2D eigenvalue weighted by Gasteiger charge is 2.42. The van der Waals surface area contributed by atoms with Gasteiger partial charge < -0.3 is 15.5 Å². The highest BCUT2D eigenvalue weighted by Crippen LogP contribution is 2.35. The topological polar surface area (TPSA) is 86.6 Å². The molecular formula is C11H19NO4. The van der Waals surface area contributed by atoms with E-state index in [1.807, 2.05) is 13.8 Å². The normalized spacial score (nSPS) is 24.7. The summed E-state index contributed by atoms with van der Waals surface area (Å²) >= 11 is 0. The quantitative estimate of drug-likeness (QED) is 0.636. The van der Waals surface area contributed by atoms with E-state index in [1.165, 1.54) is 0 Å². The fourth-order valence-electron chi connectivity index (χ4n) is 1.88. The van der Waals surface area contributed by atoms with Gasteiger partial charge in [0.1, 0.15) is 0 Å². The van der Waals surface area contributed by atoms with E-state index in [0.717, 1.165) is 0 Å². The molecule has 1 fully saturated rings. The average Bonchev–Trinajstić information content (AvgIpc) is 1.97. The predicted molar refractivity (Wildman–Crippen MR) is 57.8 cm³/mol. The molecule has 1 saturated carbocycles. The summed E-state index contributed by atoms with van der Waals surface area (Å²) in [7, 11) is 0. The molecule has 5 nitrogen and oxygen atoms in total. The molecule has 92 valence electrons. The fourth-order valence-corrected chi connectivity index (χ4v) is 1.88. The summed E-state index contributed by atoms with van der Waals surface area (Å²) in [4.78, 5) is 22.5. The lowest BCUT2D eigenvalue weighted by molar-refractivity contribution is -0.153. The van der Waals surface area contributed by atoms with E-state index < -0.39 is 23.3 Å². The van der Waals surface area contributed by atoms with Crippen LogP contribution < -0.4 is 5.32 Å². The summed E-state index contributed by atoms with van der Waals surface area (Å²) < 4.78 is 0. The Morgan fingerprint density at radius 2 is 1.88 bits per heavy atom. The van der Waals surface area contributed by atoms with Crippen molar-refractivity contribution in [3.05, 3.63) is 0 Å². The summed E-state index contributed by atoms with van der Waals surface area (Å²) in [6.45, 7) is 3.63. The molecule has 0 aliphatic heterocycles. The maximum Gasteiger partial charge on any atom is 0.307 e. The Balaban J connectivity index is 2.50. The second-order valence-corrected chi connectivity index (χ2v) is 4.98. The first-order chi connectivity index (χ1) is 7.37. The number of carboxylic acids is 1. The first-order valence-electron chi connectivity index (χ1n) is 5.53. The lowest BCUT2D eigenvalue weighted by Crippen LogP contribution is -2.51. The standard InChI is InChI=1S/C11H19NO4/c1-11(2,5-6-13)12-9(14)7-3-4-8(7)10(15)16/h7-8,13H,3-6H2,1-2H3,(H,12,14)(H,15,16). The van der Waals surface area contributed by atoms with Gasteiger partial charge in [-0.2, -0.15) is 0 Å². The molecule has 0 radical (unpaired) electrons. The molecule has 2 atom stereocenters. The van der Waals surface area contributed by atoms with Crippen molar-refractivity contribution in [2.75, 3.05) is 6.61 Å². The number of rotatable bonds is 5. The summed E-state index contributed by atoms with van der Waals surface area (Å²) in [6.07, 6.45) is 1.68. The van der Waals surface area contributed by atoms with Gasteiger partial charge in [-0.25, -0.2) is 0 Å². The number of amides is 1. The SMILES string of the molecule is CC(C)(CCO)NC(=O)C1CCC1C(=O)O. The molecule has 0 aromatic heterocycles. The number of aliphatic hydroxyl groups excluding tert-OH is 1. The van der Waals surface area contributed by atoms with E-state index in [2.05, 4.69) is 5.32 Å². The third-order valence-electron chi connectivity index (χ3n) is 3.13. The van der Waals surface area contributed by atoms with Gasteiger partial charge in [0.15, 0.2) is 0 Å². The first kappa shape index (κ1) is 13.0. The van der Waals surface area contributed by atoms with Crippen molar-refractivity contribution in [1.82, 2.24) is 5.32 Å². The van der Waals surface area contributed by atoms with Crippen LogP contribution in [0, 0.1) is 11.8 Å². The zero-order valence-electron chi connectivity index (χ0n) is 9.69. The van der Waals surface area contributed by atoms with Crippen LogP contribution in [-0.2, 0) is 9.59 Å². The molecule has 2 unspecified atom stereocenters. The smallest absolute Gasteiger partial charge is 0.307 e. The van der Waals surface area contributed by atoms with Crippen LogP contribution in [0.25, 0.3) is 0 Å². The summed E-state index contributed by atoms with van der Waals surface area (Å²) in [6, 6.07) is 0. The van der Waals surface area contributed by atoms with E-state index in [0.29, 0.717) is 19.3 Å². The third-order valence-corrected chi connectivity index (χ3v) is 3.13. The maximum absolute atomic E-state index is 11.8. The molecule has 0 bridgehead atoms. The molecule has 3 N–H and O–H groups in total. The van der Waals surface area contributed by atoms with Crippen LogP contribution in [-0.4, -0.2) is 34.2 Å². The van der Waals surface area contributed by atoms with Crippen molar-refractivity contribution in [1.29, 1.82) is 0 Å². The van der Waals surface area contributed by atoms with Crippen LogP contribution in [0.3, 0.4) is 0 Å². The summed E-state index contributed by atoms with van der Waals surface area (Å²) in [5, 5.41) is 20.4. The van der Waals surface area contributed by atoms with Crippen molar-refractivity contribution in [2.24, 2.45) is 11.8 Å². The molecule has 5 heteroatoms. The second kappa shape index (κ2) is 4.82. The number of nitrogens with one attached hydrogen (secondary N) is 1. The monoisotopic (exact) mass is 229 g/mol. The van der Waals surface area contributed by atoms with Gasteiger partial charge in [0.2, 0.25) is 5.91 Å². The van der Waals surface area contributed by atoms with E-state index in [-0.39, 0.29) is 12.5 Å². The molecule has 1 rings (SSSR count). The Morgan fingerprint density at radius 1 is 1.31 bits per heavy atom. The molecule has 0 spiro atoms. The van der Waals surface area contributed by atoms with Crippen LogP contribution >= 0.6 is 0 Å². The first-order valence-corrected chi connectivity index (χ1v) is 5.53. The van der Waals surface area contributed by atoms with E-state index >= 15 is 0 Å². The summed E-state index contributed by atoms with van der Waals surface area (Å²) in [5.74, 6) is -2.05. The minimum atomic E-state index is -0.897. The van der Waals surface area contributed by atoms with E-state index in [9.17, 15) is 9.59 Å². The number of carbonyl (C=O) groups excluding carboxylic acids is 1. The second-order valence-electron chi connectivity index (χ2n) is 4.98. The predicted octanol–water partition coefficient (Wildman–Crippen LogP) is 0.374. The molecule has 16 heavy (non-hydrogen) atoms. The molecule has 1 amide bonds. The number of carboxylic acid groups (broad SMARTS) is 1. The highest BCUT2D eigenvalue weighted by molar-refractivity contribution is 5.86. The number of hydrogen-bond acceptors (Lipinski definition) is 3. The average molecular weight is 229 g/mol. The Hall–Kier alpha value is -1.10. The van der Waals surface area contributed by atoms with Gasteiger partial charge in [-0.15, -0.1) is 0 Å². The highest BCUT2D eigenvalue weighted by atomic mass is 16.4. The maximum atomic E-state index is 11.8. The molecule has 0 aromatic rings. The van der Waals surface area contributed by atoms with E-state index in [4.69, 9.17) is 10.2 Å². The Morgan fingerprint density at radius 3 is 2.25 bits per heavy atom. The molecule has 0 saturated heterocycles. The zero-order chi connectivity index (χ0) is 12.3.